The number of halogens is 1. The number of rotatable bonds is 8. The number of fused-ring (bicyclic) bond motifs is 1. The van der Waals surface area contributed by atoms with Crippen LogP contribution in [0.5, 0.6) is 5.75 Å². The number of anilines is 1. The Morgan fingerprint density at radius 3 is 2.57 bits per heavy atom. The van der Waals surface area contributed by atoms with Crippen molar-refractivity contribution in [3.63, 3.8) is 0 Å². The van der Waals surface area contributed by atoms with Crippen molar-refractivity contribution in [2.45, 2.75) is 13.8 Å². The number of nitrogens with zero attached hydrogens (tertiary/aromatic N) is 3. The van der Waals surface area contributed by atoms with E-state index in [4.69, 9.17) is 21.3 Å². The largest absolute Gasteiger partial charge is 0.497 e. The molecule has 148 valence electrons. The topological polar surface area (TPSA) is 45.7 Å². The Balaban J connectivity index is 1.97. The van der Waals surface area contributed by atoms with E-state index in [1.54, 1.807) is 24.1 Å². The zero-order valence-electron chi connectivity index (χ0n) is 16.3. The normalized spacial score (nSPS) is 11.2. The molecule has 28 heavy (non-hydrogen) atoms. The van der Waals surface area contributed by atoms with E-state index < -0.39 is 0 Å². The van der Waals surface area contributed by atoms with Gasteiger partial charge in [-0.05, 0) is 43.4 Å². The number of benzene rings is 2. The van der Waals surface area contributed by atoms with E-state index in [1.807, 2.05) is 30.3 Å². The second-order valence-corrected chi connectivity index (χ2v) is 7.71. The van der Waals surface area contributed by atoms with Gasteiger partial charge in [-0.3, -0.25) is 9.69 Å². The second-order valence-electron chi connectivity index (χ2n) is 6.29. The molecule has 0 atom stereocenters. The summed E-state index contributed by atoms with van der Waals surface area (Å²) in [5.41, 5.74) is 1.33. The molecule has 0 aliphatic heterocycles. The van der Waals surface area contributed by atoms with E-state index in [2.05, 4.69) is 18.7 Å². The first kappa shape index (κ1) is 20.6. The number of amides is 1. The van der Waals surface area contributed by atoms with Gasteiger partial charge in [0.15, 0.2) is 5.13 Å². The van der Waals surface area contributed by atoms with Crippen molar-refractivity contribution < 1.29 is 9.53 Å². The molecule has 7 heteroatoms. The molecule has 0 spiro atoms. The third-order valence-electron chi connectivity index (χ3n) is 4.70. The van der Waals surface area contributed by atoms with E-state index in [-0.39, 0.29) is 5.91 Å². The number of ether oxygens (including phenoxy) is 1. The number of carbonyl (C=O) groups excluding carboxylic acids is 1. The van der Waals surface area contributed by atoms with Crippen molar-refractivity contribution in [2.24, 2.45) is 0 Å². The van der Waals surface area contributed by atoms with Gasteiger partial charge in [-0.25, -0.2) is 4.98 Å². The summed E-state index contributed by atoms with van der Waals surface area (Å²) >= 11 is 7.78. The van der Waals surface area contributed by atoms with Crippen LogP contribution in [-0.2, 0) is 0 Å². The summed E-state index contributed by atoms with van der Waals surface area (Å²) in [6.07, 6.45) is 0. The Hall–Kier alpha value is -2.15. The maximum Gasteiger partial charge on any atom is 0.261 e. The highest BCUT2D eigenvalue weighted by Gasteiger charge is 2.23. The molecule has 0 saturated heterocycles. The van der Waals surface area contributed by atoms with Crippen molar-refractivity contribution in [2.75, 3.05) is 38.2 Å². The molecular formula is C21H24ClN3O2S. The predicted octanol–water partition coefficient (Wildman–Crippen LogP) is 4.95. The average molecular weight is 418 g/mol. The zero-order valence-corrected chi connectivity index (χ0v) is 17.9. The lowest BCUT2D eigenvalue weighted by atomic mass is 10.2. The third-order valence-corrected chi connectivity index (χ3v) is 6.07. The standard InChI is InChI=1S/C21H24ClN3O2S/c1-4-24(5-2)12-13-25(20(26)16-8-6-7-9-17(16)22)21-23-18-11-10-15(27-3)14-19(18)28-21/h6-11,14H,4-5,12-13H2,1-3H3. The molecule has 0 radical (unpaired) electrons. The Kier molecular flexibility index (Phi) is 6.88. The molecule has 0 bridgehead atoms. The molecule has 1 amide bonds. The monoisotopic (exact) mass is 417 g/mol. The molecule has 2 aromatic carbocycles. The van der Waals surface area contributed by atoms with Crippen molar-refractivity contribution in [3.05, 3.63) is 53.1 Å². The maximum atomic E-state index is 13.3. The van der Waals surface area contributed by atoms with Crippen LogP contribution in [0.4, 0.5) is 5.13 Å². The quantitative estimate of drug-likeness (QED) is 0.520. The Morgan fingerprint density at radius 1 is 1.14 bits per heavy atom. The molecule has 0 aliphatic carbocycles. The van der Waals surface area contributed by atoms with Crippen LogP contribution in [0.1, 0.15) is 24.2 Å². The second kappa shape index (κ2) is 9.37. The molecule has 0 N–H and O–H groups in total. The lowest BCUT2D eigenvalue weighted by Gasteiger charge is -2.25. The van der Waals surface area contributed by atoms with Crippen molar-refractivity contribution in [3.8, 4) is 5.75 Å². The summed E-state index contributed by atoms with van der Waals surface area (Å²) in [5.74, 6) is 0.638. The average Bonchev–Trinajstić information content (AvgIpc) is 3.14. The number of hydrogen-bond donors (Lipinski definition) is 0. The Labute approximate surface area is 174 Å². The third kappa shape index (κ3) is 4.46. The van der Waals surface area contributed by atoms with Crippen molar-refractivity contribution >= 4 is 44.2 Å². The number of likely N-dealkylation sites (N-methyl/N-ethyl adjacent to an activating group) is 1. The van der Waals surface area contributed by atoms with Gasteiger partial charge in [0.1, 0.15) is 5.75 Å². The van der Waals surface area contributed by atoms with E-state index in [9.17, 15) is 4.79 Å². The molecule has 0 unspecified atom stereocenters. The molecular weight excluding hydrogens is 394 g/mol. The van der Waals surface area contributed by atoms with Crippen LogP contribution in [0, 0.1) is 0 Å². The lowest BCUT2D eigenvalue weighted by Crippen LogP contribution is -2.39. The minimum absolute atomic E-state index is 0.135. The van der Waals surface area contributed by atoms with E-state index >= 15 is 0 Å². The van der Waals surface area contributed by atoms with Gasteiger partial charge in [0.05, 0.1) is 27.9 Å². The minimum Gasteiger partial charge on any atom is -0.497 e. The SMILES string of the molecule is CCN(CC)CCN(C(=O)c1ccccc1Cl)c1nc2ccc(OC)cc2s1. The molecule has 0 saturated carbocycles. The van der Waals surface area contributed by atoms with E-state index in [0.717, 1.165) is 35.6 Å². The molecule has 0 fully saturated rings. The highest BCUT2D eigenvalue weighted by Crippen LogP contribution is 2.32. The molecule has 1 heterocycles. The summed E-state index contributed by atoms with van der Waals surface area (Å²) in [6.45, 7) is 7.41. The van der Waals surface area contributed by atoms with Crippen LogP contribution in [0.25, 0.3) is 10.2 Å². The number of carbonyl (C=O) groups is 1. The van der Waals surface area contributed by atoms with Gasteiger partial charge in [-0.1, -0.05) is 48.9 Å². The van der Waals surface area contributed by atoms with Gasteiger partial charge in [0.25, 0.3) is 5.91 Å². The van der Waals surface area contributed by atoms with E-state index in [1.165, 1.54) is 11.3 Å². The number of aromatic nitrogens is 1. The van der Waals surface area contributed by atoms with Crippen LogP contribution >= 0.6 is 22.9 Å². The van der Waals surface area contributed by atoms with Crippen LogP contribution in [0.2, 0.25) is 5.02 Å². The van der Waals surface area contributed by atoms with Gasteiger partial charge in [0.2, 0.25) is 0 Å². The van der Waals surface area contributed by atoms with Crippen molar-refractivity contribution in [1.82, 2.24) is 9.88 Å². The summed E-state index contributed by atoms with van der Waals surface area (Å²) in [4.78, 5) is 22.0. The molecule has 3 aromatic rings. The zero-order chi connectivity index (χ0) is 20.1. The first-order valence-electron chi connectivity index (χ1n) is 9.30. The molecule has 5 nitrogen and oxygen atoms in total. The van der Waals surface area contributed by atoms with Gasteiger partial charge in [-0.15, -0.1) is 0 Å². The lowest BCUT2D eigenvalue weighted by molar-refractivity contribution is 0.0984. The molecule has 3 rings (SSSR count). The molecule has 1 aromatic heterocycles. The Morgan fingerprint density at radius 2 is 1.89 bits per heavy atom. The number of methoxy groups -OCH3 is 1. The van der Waals surface area contributed by atoms with Gasteiger partial charge < -0.3 is 9.64 Å². The van der Waals surface area contributed by atoms with Crippen LogP contribution in [-0.4, -0.2) is 49.1 Å². The molecule has 0 aliphatic rings. The van der Waals surface area contributed by atoms with Gasteiger partial charge in [0, 0.05) is 13.1 Å². The fourth-order valence-electron chi connectivity index (χ4n) is 2.98. The maximum absolute atomic E-state index is 13.3. The Bertz CT molecular complexity index is 956. The number of thiazole rings is 1. The number of hydrogen-bond acceptors (Lipinski definition) is 5. The highest BCUT2D eigenvalue weighted by atomic mass is 35.5. The van der Waals surface area contributed by atoms with Gasteiger partial charge >= 0.3 is 0 Å². The fraction of sp³-hybridized carbons (Fsp3) is 0.333. The van der Waals surface area contributed by atoms with Gasteiger partial charge in [-0.2, -0.15) is 0 Å². The summed E-state index contributed by atoms with van der Waals surface area (Å²) < 4.78 is 6.29. The predicted molar refractivity (Wildman–Crippen MR) is 117 cm³/mol. The summed E-state index contributed by atoms with van der Waals surface area (Å²) in [5, 5.41) is 1.11. The van der Waals surface area contributed by atoms with Crippen molar-refractivity contribution in [1.29, 1.82) is 0 Å². The first-order chi connectivity index (χ1) is 13.6. The minimum atomic E-state index is -0.135. The smallest absolute Gasteiger partial charge is 0.261 e. The van der Waals surface area contributed by atoms with Crippen LogP contribution in [0.3, 0.4) is 0 Å². The fourth-order valence-corrected chi connectivity index (χ4v) is 4.22. The summed E-state index contributed by atoms with van der Waals surface area (Å²) in [7, 11) is 1.64. The highest BCUT2D eigenvalue weighted by molar-refractivity contribution is 7.22. The van der Waals surface area contributed by atoms with E-state index in [0.29, 0.717) is 22.3 Å². The van der Waals surface area contributed by atoms with Crippen LogP contribution < -0.4 is 9.64 Å². The summed E-state index contributed by atoms with van der Waals surface area (Å²) in [6, 6.07) is 12.9. The van der Waals surface area contributed by atoms with Crippen LogP contribution in [0.15, 0.2) is 42.5 Å². The first-order valence-corrected chi connectivity index (χ1v) is 10.5.